The van der Waals surface area contributed by atoms with Crippen LogP contribution in [0.3, 0.4) is 0 Å². The van der Waals surface area contributed by atoms with Gasteiger partial charge in [0.05, 0.1) is 34.8 Å². The predicted octanol–water partition coefficient (Wildman–Crippen LogP) is 3.59. The van der Waals surface area contributed by atoms with Crippen LogP contribution in [0.1, 0.15) is 10.4 Å². The third-order valence-electron chi connectivity index (χ3n) is 2.71. The van der Waals surface area contributed by atoms with Gasteiger partial charge >= 0.3 is 5.97 Å². The normalized spacial score (nSPS) is 10.2. The van der Waals surface area contributed by atoms with Crippen LogP contribution < -0.4 is 11.1 Å². The number of nitrogens with two attached hydrogens (primary N) is 1. The largest absolute Gasteiger partial charge is 0.465 e. The number of ether oxygens (including phenoxy) is 1. The Labute approximate surface area is 120 Å². The molecule has 0 saturated heterocycles. The molecule has 2 aromatic carbocycles. The van der Waals surface area contributed by atoms with E-state index in [4.69, 9.17) is 17.3 Å². The predicted molar refractivity (Wildman–Crippen MR) is 76.9 cm³/mol. The summed E-state index contributed by atoms with van der Waals surface area (Å²) < 4.78 is 17.8. The first-order chi connectivity index (χ1) is 9.52. The van der Waals surface area contributed by atoms with Gasteiger partial charge in [-0.05, 0) is 30.3 Å². The average molecular weight is 295 g/mol. The standard InChI is InChI=1S/C14H12ClFN2O2/c1-20-14(19)9-3-2-4-11(13(9)17)18-12-7-8(16)5-6-10(12)15/h2-7,18H,17H2,1H3. The number of nitrogens with one attached hydrogen (secondary N) is 1. The highest BCUT2D eigenvalue weighted by atomic mass is 35.5. The van der Waals surface area contributed by atoms with Gasteiger partial charge in [0.25, 0.3) is 0 Å². The lowest BCUT2D eigenvalue weighted by Crippen LogP contribution is -2.07. The smallest absolute Gasteiger partial charge is 0.340 e. The number of methoxy groups -OCH3 is 1. The van der Waals surface area contributed by atoms with E-state index in [0.29, 0.717) is 16.4 Å². The molecule has 0 atom stereocenters. The molecule has 0 unspecified atom stereocenters. The highest BCUT2D eigenvalue weighted by Gasteiger charge is 2.13. The Bertz CT molecular complexity index is 662. The Morgan fingerprint density at radius 3 is 2.75 bits per heavy atom. The third kappa shape index (κ3) is 2.83. The summed E-state index contributed by atoms with van der Waals surface area (Å²) in [7, 11) is 1.27. The lowest BCUT2D eigenvalue weighted by molar-refractivity contribution is 0.0602. The van der Waals surface area contributed by atoms with Crippen molar-refractivity contribution in [3.63, 3.8) is 0 Å². The molecule has 0 aliphatic rings. The molecule has 0 aromatic heterocycles. The molecule has 0 bridgehead atoms. The molecule has 4 nitrogen and oxygen atoms in total. The van der Waals surface area contributed by atoms with Crippen molar-refractivity contribution in [2.45, 2.75) is 0 Å². The maximum Gasteiger partial charge on any atom is 0.340 e. The van der Waals surface area contributed by atoms with E-state index in [-0.39, 0.29) is 11.3 Å². The molecule has 0 fully saturated rings. The molecule has 0 aliphatic carbocycles. The summed E-state index contributed by atoms with van der Waals surface area (Å²) in [5.74, 6) is -0.976. The van der Waals surface area contributed by atoms with Gasteiger partial charge in [-0.3, -0.25) is 0 Å². The molecule has 0 heterocycles. The van der Waals surface area contributed by atoms with Gasteiger partial charge in [-0.2, -0.15) is 0 Å². The summed E-state index contributed by atoms with van der Waals surface area (Å²) in [4.78, 5) is 11.5. The molecule has 6 heteroatoms. The number of nitrogen functional groups attached to an aromatic ring is 1. The molecule has 0 spiro atoms. The summed E-state index contributed by atoms with van der Waals surface area (Å²) in [6, 6.07) is 8.76. The number of benzene rings is 2. The summed E-state index contributed by atoms with van der Waals surface area (Å²) >= 11 is 5.97. The van der Waals surface area contributed by atoms with Crippen LogP contribution in [0, 0.1) is 5.82 Å². The zero-order chi connectivity index (χ0) is 14.7. The number of esters is 1. The molecular formula is C14H12ClFN2O2. The fourth-order valence-electron chi connectivity index (χ4n) is 1.70. The van der Waals surface area contributed by atoms with Crippen LogP contribution >= 0.6 is 11.6 Å². The number of hydrogen-bond acceptors (Lipinski definition) is 4. The number of halogens is 2. The lowest BCUT2D eigenvalue weighted by Gasteiger charge is -2.13. The molecule has 0 saturated carbocycles. The quantitative estimate of drug-likeness (QED) is 0.671. The molecule has 20 heavy (non-hydrogen) atoms. The van der Waals surface area contributed by atoms with E-state index in [1.165, 1.54) is 25.3 Å². The zero-order valence-corrected chi connectivity index (χ0v) is 11.4. The first-order valence-electron chi connectivity index (χ1n) is 5.72. The Kier molecular flexibility index (Phi) is 4.10. The van der Waals surface area contributed by atoms with Gasteiger partial charge in [-0.15, -0.1) is 0 Å². The van der Waals surface area contributed by atoms with Crippen molar-refractivity contribution in [3.05, 3.63) is 52.8 Å². The molecule has 2 aromatic rings. The summed E-state index contributed by atoms with van der Waals surface area (Å²) in [5.41, 5.74) is 7.14. The van der Waals surface area contributed by atoms with Crippen molar-refractivity contribution in [3.8, 4) is 0 Å². The fraction of sp³-hybridized carbons (Fsp3) is 0.0714. The van der Waals surface area contributed by atoms with Crippen molar-refractivity contribution < 1.29 is 13.9 Å². The Balaban J connectivity index is 2.39. The SMILES string of the molecule is COC(=O)c1cccc(Nc2cc(F)ccc2Cl)c1N. The number of rotatable bonds is 3. The van der Waals surface area contributed by atoms with Crippen LogP contribution in [0.2, 0.25) is 5.02 Å². The second kappa shape index (κ2) is 5.79. The van der Waals surface area contributed by atoms with Gasteiger partial charge in [-0.1, -0.05) is 17.7 Å². The van der Waals surface area contributed by atoms with Crippen LogP contribution in [0.25, 0.3) is 0 Å². The molecule has 3 N–H and O–H groups in total. The summed E-state index contributed by atoms with van der Waals surface area (Å²) in [6.45, 7) is 0. The van der Waals surface area contributed by atoms with E-state index in [2.05, 4.69) is 10.1 Å². The summed E-state index contributed by atoms with van der Waals surface area (Å²) in [5, 5.41) is 3.24. The van der Waals surface area contributed by atoms with Gasteiger partial charge in [0.2, 0.25) is 0 Å². The maximum atomic E-state index is 13.2. The average Bonchev–Trinajstić information content (AvgIpc) is 2.44. The Hall–Kier alpha value is -2.27. The van der Waals surface area contributed by atoms with Crippen LogP contribution in [0.4, 0.5) is 21.5 Å². The number of carbonyl (C=O) groups excluding carboxylic acids is 1. The summed E-state index contributed by atoms with van der Waals surface area (Å²) in [6.07, 6.45) is 0. The van der Waals surface area contributed by atoms with E-state index in [1.807, 2.05) is 0 Å². The monoisotopic (exact) mass is 294 g/mol. The fourth-order valence-corrected chi connectivity index (χ4v) is 1.87. The molecule has 0 radical (unpaired) electrons. The van der Waals surface area contributed by atoms with Crippen molar-refractivity contribution in [2.24, 2.45) is 0 Å². The van der Waals surface area contributed by atoms with E-state index in [0.717, 1.165) is 0 Å². The topological polar surface area (TPSA) is 64.3 Å². The molecule has 0 aliphatic heterocycles. The first-order valence-corrected chi connectivity index (χ1v) is 6.09. The first kappa shape index (κ1) is 14.1. The van der Waals surface area contributed by atoms with E-state index in [9.17, 15) is 9.18 Å². The highest BCUT2D eigenvalue weighted by molar-refractivity contribution is 6.33. The van der Waals surface area contributed by atoms with Gasteiger partial charge in [0, 0.05) is 0 Å². The molecular weight excluding hydrogens is 283 g/mol. The van der Waals surface area contributed by atoms with Crippen LogP contribution in [0.5, 0.6) is 0 Å². The van der Waals surface area contributed by atoms with Crippen LogP contribution in [-0.4, -0.2) is 13.1 Å². The molecule has 2 rings (SSSR count). The van der Waals surface area contributed by atoms with E-state index in [1.54, 1.807) is 18.2 Å². The number of para-hydroxylation sites is 1. The third-order valence-corrected chi connectivity index (χ3v) is 3.04. The highest BCUT2D eigenvalue weighted by Crippen LogP contribution is 2.30. The zero-order valence-electron chi connectivity index (χ0n) is 10.6. The van der Waals surface area contributed by atoms with Crippen molar-refractivity contribution in [1.29, 1.82) is 0 Å². The second-order valence-electron chi connectivity index (χ2n) is 4.01. The van der Waals surface area contributed by atoms with Gasteiger partial charge in [-0.25, -0.2) is 9.18 Å². The van der Waals surface area contributed by atoms with Gasteiger partial charge in [0.15, 0.2) is 0 Å². The van der Waals surface area contributed by atoms with Crippen molar-refractivity contribution >= 4 is 34.6 Å². The molecule has 104 valence electrons. The van der Waals surface area contributed by atoms with Crippen LogP contribution in [-0.2, 0) is 4.74 Å². The second-order valence-corrected chi connectivity index (χ2v) is 4.41. The van der Waals surface area contributed by atoms with Crippen molar-refractivity contribution in [1.82, 2.24) is 0 Å². The van der Waals surface area contributed by atoms with E-state index >= 15 is 0 Å². The minimum Gasteiger partial charge on any atom is -0.465 e. The lowest BCUT2D eigenvalue weighted by atomic mass is 10.1. The number of carbonyl (C=O) groups is 1. The van der Waals surface area contributed by atoms with Gasteiger partial charge in [0.1, 0.15) is 5.82 Å². The number of hydrogen-bond donors (Lipinski definition) is 2. The minimum atomic E-state index is -0.545. The van der Waals surface area contributed by atoms with Crippen molar-refractivity contribution in [2.75, 3.05) is 18.2 Å². The Morgan fingerprint density at radius 2 is 2.05 bits per heavy atom. The minimum absolute atomic E-state index is 0.208. The van der Waals surface area contributed by atoms with E-state index < -0.39 is 11.8 Å². The molecule has 0 amide bonds. The van der Waals surface area contributed by atoms with Crippen LogP contribution in [0.15, 0.2) is 36.4 Å². The number of anilines is 3. The maximum absolute atomic E-state index is 13.2. The van der Waals surface area contributed by atoms with Gasteiger partial charge < -0.3 is 15.8 Å². The Morgan fingerprint density at radius 1 is 1.30 bits per heavy atom.